The van der Waals surface area contributed by atoms with E-state index in [0.717, 1.165) is 27.5 Å². The van der Waals surface area contributed by atoms with Gasteiger partial charge in [0.2, 0.25) is 17.1 Å². The number of nitrogens with zero attached hydrogens (tertiary/aromatic N) is 7. The molecule has 0 radical (unpaired) electrons. The maximum absolute atomic E-state index is 13.7. The standard InChI is InChI=1S/C35H50BN7O10.Eu/c1-37(19-25-8-9-29-27(18-25)26-6-5-7-28(36(51)52)35(26)30(39(29)3)20-38(2)53-4)31(44)21-40-10-12-41(22-32(45)46)14-16-43(24-34(49)50)17-15-42(13-11-40)23-33(47)48;/h5-9,18,51-52H,10-17,19-24H2,1-4H3,(H2-,45,46,47,48,49,50);/q;+3/p+1. The fourth-order valence-corrected chi connectivity index (χ4v) is 6.75. The number of hydroxylamine groups is 2. The molecule has 0 bridgehead atoms. The summed E-state index contributed by atoms with van der Waals surface area (Å²) in [5.74, 6) is -3.24. The molecule has 17 nitrogen and oxygen atoms in total. The number of hydrogen-bond donors (Lipinski definition) is 5. The van der Waals surface area contributed by atoms with Crippen molar-refractivity contribution in [3.63, 3.8) is 0 Å². The van der Waals surface area contributed by atoms with Crippen LogP contribution >= 0.6 is 0 Å². The average molecular weight is 893 g/mol. The molecule has 4 rings (SSSR count). The van der Waals surface area contributed by atoms with Gasteiger partial charge in [0, 0.05) is 84.5 Å². The van der Waals surface area contributed by atoms with Gasteiger partial charge < -0.3 is 35.1 Å². The van der Waals surface area contributed by atoms with Crippen LogP contribution in [0.2, 0.25) is 0 Å². The van der Waals surface area contributed by atoms with E-state index in [9.17, 15) is 44.5 Å². The molecule has 0 aliphatic carbocycles. The van der Waals surface area contributed by atoms with Crippen molar-refractivity contribution in [2.75, 3.05) is 99.7 Å². The number of pyridine rings is 1. The van der Waals surface area contributed by atoms with E-state index in [1.54, 1.807) is 58.0 Å². The zero-order valence-corrected chi connectivity index (χ0v) is 33.7. The van der Waals surface area contributed by atoms with Crippen molar-refractivity contribution in [3.05, 3.63) is 47.7 Å². The van der Waals surface area contributed by atoms with Gasteiger partial charge in [0.25, 0.3) is 0 Å². The minimum Gasteiger partial charge on any atom is -0.480 e. The van der Waals surface area contributed by atoms with Crippen LogP contribution in [-0.4, -0.2) is 186 Å². The van der Waals surface area contributed by atoms with Crippen LogP contribution in [0.25, 0.3) is 21.7 Å². The Morgan fingerprint density at radius 3 is 1.67 bits per heavy atom. The maximum Gasteiger partial charge on any atom is 3.00 e. The third-order valence-corrected chi connectivity index (χ3v) is 9.68. The summed E-state index contributed by atoms with van der Waals surface area (Å²) < 4.78 is 2.00. The van der Waals surface area contributed by atoms with Crippen molar-refractivity contribution >= 4 is 58.1 Å². The fourth-order valence-electron chi connectivity index (χ4n) is 6.75. The largest absolute Gasteiger partial charge is 3.00 e. The number of rotatable bonds is 14. The molecule has 0 spiro atoms. The summed E-state index contributed by atoms with van der Waals surface area (Å²) in [5, 5.41) is 53.0. The summed E-state index contributed by atoms with van der Waals surface area (Å²) in [6.45, 7) is 2.38. The molecule has 0 unspecified atom stereocenters. The van der Waals surface area contributed by atoms with Crippen molar-refractivity contribution in [2.24, 2.45) is 7.05 Å². The topological polar surface area (TPSA) is 202 Å². The van der Waals surface area contributed by atoms with E-state index >= 15 is 0 Å². The maximum atomic E-state index is 13.7. The number of carboxylic acid groups (broad SMARTS) is 3. The van der Waals surface area contributed by atoms with Crippen LogP contribution < -0.4 is 10.0 Å². The van der Waals surface area contributed by atoms with Gasteiger partial charge in [0.15, 0.2) is 0 Å². The number of amides is 1. The van der Waals surface area contributed by atoms with Gasteiger partial charge in [-0.1, -0.05) is 24.3 Å². The minimum atomic E-state index is -1.69. The number of aromatic nitrogens is 1. The number of likely N-dealkylation sites (N-methyl/N-ethyl adjacent to an activating group) is 1. The summed E-state index contributed by atoms with van der Waals surface area (Å²) in [6.07, 6.45) is 0. The zero-order chi connectivity index (χ0) is 38.8. The molecule has 292 valence electrons. The molecule has 0 saturated carbocycles. The molecule has 1 aliphatic heterocycles. The summed E-state index contributed by atoms with van der Waals surface area (Å²) in [7, 11) is 5.28. The van der Waals surface area contributed by atoms with Crippen molar-refractivity contribution in [1.29, 1.82) is 0 Å². The summed E-state index contributed by atoms with van der Waals surface area (Å²) in [6, 6.07) is 11.3. The Kier molecular flexibility index (Phi) is 18.3. The molecule has 0 atom stereocenters. The van der Waals surface area contributed by atoms with E-state index in [2.05, 4.69) is 0 Å². The van der Waals surface area contributed by atoms with Crippen LogP contribution in [0.5, 0.6) is 0 Å². The molecular weight excluding hydrogens is 841 g/mol. The van der Waals surface area contributed by atoms with Gasteiger partial charge in [-0.05, 0) is 17.1 Å². The Morgan fingerprint density at radius 2 is 1.22 bits per heavy atom. The second-order valence-electron chi connectivity index (χ2n) is 13.5. The number of aryl methyl sites for hydroxylation is 1. The predicted molar refractivity (Wildman–Crippen MR) is 196 cm³/mol. The Hall–Kier alpha value is -2.68. The van der Waals surface area contributed by atoms with Crippen LogP contribution in [0.15, 0.2) is 36.4 Å². The number of carbonyl (C=O) groups excluding carboxylic acids is 1. The molecular formula is C35H51BEuN7O10+4. The monoisotopic (exact) mass is 893 g/mol. The van der Waals surface area contributed by atoms with Gasteiger partial charge in [-0.2, -0.15) is 9.63 Å². The molecule has 19 heteroatoms. The number of carboxylic acids is 3. The van der Waals surface area contributed by atoms with Gasteiger partial charge >= 0.3 is 74.4 Å². The second kappa shape index (κ2) is 21.6. The van der Waals surface area contributed by atoms with Crippen LogP contribution in [0, 0.1) is 49.4 Å². The first kappa shape index (κ1) is 45.7. The average Bonchev–Trinajstić information content (AvgIpc) is 3.09. The van der Waals surface area contributed by atoms with Crippen LogP contribution in [0.3, 0.4) is 0 Å². The molecule has 1 aromatic heterocycles. The van der Waals surface area contributed by atoms with Crippen molar-refractivity contribution in [3.8, 4) is 0 Å². The fraction of sp³-hybridized carbons (Fsp3) is 0.514. The van der Waals surface area contributed by atoms with E-state index in [1.165, 1.54) is 0 Å². The van der Waals surface area contributed by atoms with E-state index in [0.29, 0.717) is 43.6 Å². The minimum absolute atomic E-state index is 0. The zero-order valence-electron chi connectivity index (χ0n) is 31.2. The van der Waals surface area contributed by atoms with E-state index < -0.39 is 25.0 Å². The summed E-state index contributed by atoms with van der Waals surface area (Å²) >= 11 is 0. The van der Waals surface area contributed by atoms with Gasteiger partial charge in [-0.15, -0.1) is 0 Å². The molecule has 1 fully saturated rings. The molecule has 2 heterocycles. The molecule has 1 saturated heterocycles. The van der Waals surface area contributed by atoms with Gasteiger partial charge in [-0.25, -0.2) is 0 Å². The SMILES string of the molecule is CON(C)Cc1c2c(B(O)O)cccc2c2cc(CN(C)C(=O)CN3CCN(CC(=O)O)CCN(CC(=O)O)CCN(CC(=O)O)CC3)ccc2[n+]1C.[Eu+3]. The van der Waals surface area contributed by atoms with Crippen LogP contribution in [-0.2, 0) is 44.2 Å². The number of benzene rings is 2. The van der Waals surface area contributed by atoms with Gasteiger partial charge in [0.05, 0.1) is 44.1 Å². The molecule has 3 aromatic rings. The predicted octanol–water partition coefficient (Wildman–Crippen LogP) is -2.08. The summed E-state index contributed by atoms with van der Waals surface area (Å²) in [5.41, 5.74) is 2.95. The molecule has 1 amide bonds. The molecule has 5 N–H and O–H groups in total. The quantitative estimate of drug-likeness (QED) is 0.0511. The number of hydrogen-bond acceptors (Lipinski definition) is 12. The first-order chi connectivity index (χ1) is 25.2. The van der Waals surface area contributed by atoms with Crippen LogP contribution in [0.4, 0.5) is 0 Å². The third kappa shape index (κ3) is 12.9. The normalized spacial score (nSPS) is 15.8. The number of carbonyl (C=O) groups is 4. The van der Waals surface area contributed by atoms with Crippen molar-refractivity contribution in [1.82, 2.24) is 29.6 Å². The Bertz CT molecular complexity index is 1760. The van der Waals surface area contributed by atoms with Crippen molar-refractivity contribution < 1.29 is 103 Å². The molecule has 1 aliphatic rings. The smallest absolute Gasteiger partial charge is 0.480 e. The van der Waals surface area contributed by atoms with Gasteiger partial charge in [-0.3, -0.25) is 38.8 Å². The van der Waals surface area contributed by atoms with Crippen LogP contribution in [0.1, 0.15) is 11.3 Å². The molecule has 2 aromatic carbocycles. The first-order valence-corrected chi connectivity index (χ1v) is 17.4. The summed E-state index contributed by atoms with van der Waals surface area (Å²) in [4.78, 5) is 62.5. The Morgan fingerprint density at radius 1 is 0.741 bits per heavy atom. The first-order valence-electron chi connectivity index (χ1n) is 17.4. The number of aliphatic carboxylic acids is 3. The molecule has 54 heavy (non-hydrogen) atoms. The Labute approximate surface area is 355 Å². The van der Waals surface area contributed by atoms with E-state index in [1.807, 2.05) is 40.8 Å². The Balaban J connectivity index is 0.00000784. The van der Waals surface area contributed by atoms with E-state index in [4.69, 9.17) is 4.84 Å². The third-order valence-electron chi connectivity index (χ3n) is 9.68. The number of fused-ring (bicyclic) bond motifs is 3. The van der Waals surface area contributed by atoms with Gasteiger partial charge in [0.1, 0.15) is 13.6 Å². The second-order valence-corrected chi connectivity index (χ2v) is 13.5. The van der Waals surface area contributed by atoms with Crippen molar-refractivity contribution in [2.45, 2.75) is 13.1 Å². The van der Waals surface area contributed by atoms with E-state index in [-0.39, 0.29) is 114 Å².